The monoisotopic (exact) mass is 408 g/mol. The molecule has 3 aromatic rings. The molecule has 0 radical (unpaired) electrons. The molecule has 0 spiro atoms. The molecule has 0 bridgehead atoms. The Morgan fingerprint density at radius 2 is 1.93 bits per heavy atom. The number of carbonyl (C=O) groups excluding carboxylic acids is 1. The zero-order valence-electron chi connectivity index (χ0n) is 16.3. The normalized spacial score (nSPS) is 14.5. The average molecular weight is 408 g/mol. The number of nitrogens with zero attached hydrogens (tertiary/aromatic N) is 7. The molecule has 4 rings (SSSR count). The molecule has 0 unspecified atom stereocenters. The summed E-state index contributed by atoms with van der Waals surface area (Å²) in [5, 5.41) is 17.8. The summed E-state index contributed by atoms with van der Waals surface area (Å²) in [7, 11) is 0. The Labute approximate surface area is 171 Å². The van der Waals surface area contributed by atoms with E-state index < -0.39 is 4.92 Å². The van der Waals surface area contributed by atoms with E-state index in [0.29, 0.717) is 43.0 Å². The number of anilines is 2. The maximum absolute atomic E-state index is 12.7. The molecule has 1 aliphatic rings. The molecule has 11 heteroatoms. The highest BCUT2D eigenvalue weighted by Crippen LogP contribution is 2.26. The van der Waals surface area contributed by atoms with Gasteiger partial charge in [0.2, 0.25) is 5.91 Å². The van der Waals surface area contributed by atoms with E-state index >= 15 is 0 Å². The predicted octanol–water partition coefficient (Wildman–Crippen LogP) is 2.13. The zero-order chi connectivity index (χ0) is 21.1. The summed E-state index contributed by atoms with van der Waals surface area (Å²) in [5.74, 6) is 1.21. The molecule has 2 aromatic heterocycles. The molecule has 1 saturated heterocycles. The molecule has 0 aliphatic carbocycles. The van der Waals surface area contributed by atoms with E-state index in [0.717, 1.165) is 5.82 Å². The van der Waals surface area contributed by atoms with Crippen molar-refractivity contribution in [2.24, 2.45) is 5.92 Å². The SMILES string of the molecule is Cc1cc([N+](=O)[O-])ccc1NC(=O)C1CCN(c2cc(-n3cncn3)ncn2)CC1. The maximum atomic E-state index is 12.7. The summed E-state index contributed by atoms with van der Waals surface area (Å²) in [4.78, 5) is 37.7. The van der Waals surface area contributed by atoms with Crippen molar-refractivity contribution in [2.45, 2.75) is 19.8 Å². The Morgan fingerprint density at radius 1 is 1.17 bits per heavy atom. The third-order valence-electron chi connectivity index (χ3n) is 5.16. The Hall–Kier alpha value is -3.89. The van der Waals surface area contributed by atoms with E-state index in [1.165, 1.54) is 24.8 Å². The first-order valence-corrected chi connectivity index (χ1v) is 9.49. The van der Waals surface area contributed by atoms with Gasteiger partial charge in [-0.1, -0.05) is 0 Å². The van der Waals surface area contributed by atoms with Gasteiger partial charge in [-0.3, -0.25) is 14.9 Å². The maximum Gasteiger partial charge on any atom is 0.269 e. The van der Waals surface area contributed by atoms with Crippen molar-refractivity contribution in [3.8, 4) is 5.82 Å². The molecule has 154 valence electrons. The number of aryl methyl sites for hydroxylation is 1. The highest BCUT2D eigenvalue weighted by atomic mass is 16.6. The van der Waals surface area contributed by atoms with Crippen molar-refractivity contribution in [2.75, 3.05) is 23.3 Å². The minimum atomic E-state index is -0.449. The van der Waals surface area contributed by atoms with Gasteiger partial charge in [0.25, 0.3) is 5.69 Å². The second-order valence-electron chi connectivity index (χ2n) is 7.08. The van der Waals surface area contributed by atoms with Gasteiger partial charge < -0.3 is 10.2 Å². The Kier molecular flexibility index (Phi) is 5.33. The van der Waals surface area contributed by atoms with Gasteiger partial charge in [-0.2, -0.15) is 5.10 Å². The van der Waals surface area contributed by atoms with Crippen LogP contribution >= 0.6 is 0 Å². The minimum absolute atomic E-state index is 0.00826. The molecule has 1 aromatic carbocycles. The fourth-order valence-electron chi connectivity index (χ4n) is 3.47. The van der Waals surface area contributed by atoms with Crippen molar-refractivity contribution in [1.29, 1.82) is 0 Å². The standard InChI is InChI=1S/C19H20N8O3/c1-13-8-15(27(29)30)2-3-16(13)24-19(28)14-4-6-25(7-5-14)17-9-18(22-11-21-17)26-12-20-10-23-26/h2-3,8-12,14H,4-7H2,1H3,(H,24,28). The van der Waals surface area contributed by atoms with Crippen LogP contribution in [0.4, 0.5) is 17.2 Å². The van der Waals surface area contributed by atoms with E-state index in [1.807, 2.05) is 6.07 Å². The number of carbonyl (C=O) groups is 1. The first kappa shape index (κ1) is 19.4. The number of hydrogen-bond acceptors (Lipinski definition) is 8. The molecule has 0 saturated carbocycles. The number of benzene rings is 1. The summed E-state index contributed by atoms with van der Waals surface area (Å²) in [6, 6.07) is 6.27. The van der Waals surface area contributed by atoms with Gasteiger partial charge in [0.15, 0.2) is 5.82 Å². The summed E-state index contributed by atoms with van der Waals surface area (Å²) < 4.78 is 1.57. The Bertz CT molecular complexity index is 1060. The van der Waals surface area contributed by atoms with Crippen LogP contribution in [-0.2, 0) is 4.79 Å². The van der Waals surface area contributed by atoms with Gasteiger partial charge in [0, 0.05) is 42.9 Å². The van der Waals surface area contributed by atoms with Crippen LogP contribution in [-0.4, -0.2) is 48.7 Å². The Balaban J connectivity index is 1.37. The number of piperidine rings is 1. The van der Waals surface area contributed by atoms with Crippen LogP contribution in [0.1, 0.15) is 18.4 Å². The lowest BCUT2D eigenvalue weighted by Gasteiger charge is -2.32. The second-order valence-corrected chi connectivity index (χ2v) is 7.08. The fraction of sp³-hybridized carbons (Fsp3) is 0.316. The molecule has 0 atom stereocenters. The van der Waals surface area contributed by atoms with Crippen LogP contribution < -0.4 is 10.2 Å². The third kappa shape index (κ3) is 4.09. The van der Waals surface area contributed by atoms with Crippen molar-refractivity contribution in [1.82, 2.24) is 24.7 Å². The van der Waals surface area contributed by atoms with Gasteiger partial charge >= 0.3 is 0 Å². The van der Waals surface area contributed by atoms with Crippen molar-refractivity contribution >= 4 is 23.1 Å². The predicted molar refractivity (Wildman–Crippen MR) is 108 cm³/mol. The minimum Gasteiger partial charge on any atom is -0.356 e. The smallest absolute Gasteiger partial charge is 0.269 e. The molecule has 1 aliphatic heterocycles. The van der Waals surface area contributed by atoms with Gasteiger partial charge in [0.1, 0.15) is 24.8 Å². The van der Waals surface area contributed by atoms with Crippen LogP contribution in [0, 0.1) is 23.0 Å². The third-order valence-corrected chi connectivity index (χ3v) is 5.16. The zero-order valence-corrected chi connectivity index (χ0v) is 16.3. The number of aromatic nitrogens is 5. The van der Waals surface area contributed by atoms with Crippen LogP contribution in [0.5, 0.6) is 0 Å². The van der Waals surface area contributed by atoms with E-state index in [2.05, 4.69) is 30.3 Å². The fourth-order valence-corrected chi connectivity index (χ4v) is 3.47. The van der Waals surface area contributed by atoms with Crippen LogP contribution in [0.25, 0.3) is 5.82 Å². The lowest BCUT2D eigenvalue weighted by Crippen LogP contribution is -2.38. The number of rotatable bonds is 5. The molecule has 1 amide bonds. The highest BCUT2D eigenvalue weighted by Gasteiger charge is 2.26. The summed E-state index contributed by atoms with van der Waals surface area (Å²) in [6.45, 7) is 3.11. The van der Waals surface area contributed by atoms with Gasteiger partial charge in [0.05, 0.1) is 4.92 Å². The van der Waals surface area contributed by atoms with Crippen LogP contribution in [0.2, 0.25) is 0 Å². The average Bonchev–Trinajstić information content (AvgIpc) is 3.30. The number of nitro benzene ring substituents is 1. The van der Waals surface area contributed by atoms with E-state index in [1.54, 1.807) is 24.0 Å². The van der Waals surface area contributed by atoms with Crippen LogP contribution in [0.3, 0.4) is 0 Å². The first-order valence-electron chi connectivity index (χ1n) is 9.49. The number of nitro groups is 1. The number of amides is 1. The number of non-ortho nitro benzene ring substituents is 1. The molecular formula is C19H20N8O3. The molecule has 1 fully saturated rings. The largest absolute Gasteiger partial charge is 0.356 e. The quantitative estimate of drug-likeness (QED) is 0.501. The van der Waals surface area contributed by atoms with Gasteiger partial charge in [-0.15, -0.1) is 0 Å². The molecule has 1 N–H and O–H groups in total. The van der Waals surface area contributed by atoms with Crippen molar-refractivity contribution in [3.05, 3.63) is 58.9 Å². The second kappa shape index (κ2) is 8.23. The lowest BCUT2D eigenvalue weighted by atomic mass is 9.95. The molecule has 3 heterocycles. The highest BCUT2D eigenvalue weighted by molar-refractivity contribution is 5.93. The van der Waals surface area contributed by atoms with Gasteiger partial charge in [-0.05, 0) is 31.4 Å². The number of hydrogen-bond donors (Lipinski definition) is 1. The van der Waals surface area contributed by atoms with E-state index in [4.69, 9.17) is 0 Å². The van der Waals surface area contributed by atoms with E-state index in [-0.39, 0.29) is 17.5 Å². The summed E-state index contributed by atoms with van der Waals surface area (Å²) in [6.07, 6.45) is 5.87. The molecule has 11 nitrogen and oxygen atoms in total. The first-order chi connectivity index (χ1) is 14.5. The Morgan fingerprint density at radius 3 is 2.60 bits per heavy atom. The van der Waals surface area contributed by atoms with Crippen molar-refractivity contribution in [3.63, 3.8) is 0 Å². The number of nitrogens with one attached hydrogen (secondary N) is 1. The summed E-state index contributed by atoms with van der Waals surface area (Å²) >= 11 is 0. The van der Waals surface area contributed by atoms with Gasteiger partial charge in [-0.25, -0.2) is 19.6 Å². The molecular weight excluding hydrogens is 388 g/mol. The topological polar surface area (TPSA) is 132 Å². The van der Waals surface area contributed by atoms with Crippen molar-refractivity contribution < 1.29 is 9.72 Å². The van der Waals surface area contributed by atoms with Crippen LogP contribution in [0.15, 0.2) is 43.2 Å². The lowest BCUT2D eigenvalue weighted by molar-refractivity contribution is -0.384. The van der Waals surface area contributed by atoms with E-state index in [9.17, 15) is 14.9 Å². The summed E-state index contributed by atoms with van der Waals surface area (Å²) in [5.41, 5.74) is 1.27. The molecule has 30 heavy (non-hydrogen) atoms.